The van der Waals surface area contributed by atoms with Gasteiger partial charge < -0.3 is 23.4 Å². The van der Waals surface area contributed by atoms with E-state index in [0.717, 1.165) is 0 Å². The van der Waals surface area contributed by atoms with Gasteiger partial charge >= 0.3 is 17.6 Å². The van der Waals surface area contributed by atoms with Gasteiger partial charge in [0, 0.05) is 28.7 Å². The van der Waals surface area contributed by atoms with Gasteiger partial charge in [-0.1, -0.05) is 6.08 Å². The molecule has 3 heterocycles. The Hall–Kier alpha value is -3.13. The number of benzene rings is 1. The van der Waals surface area contributed by atoms with Gasteiger partial charge in [0.2, 0.25) is 0 Å². The van der Waals surface area contributed by atoms with Crippen LogP contribution in [0.4, 0.5) is 0 Å². The molecule has 2 aliphatic heterocycles. The Kier molecular flexibility index (Phi) is 5.16. The summed E-state index contributed by atoms with van der Waals surface area (Å²) in [6.45, 7) is 10.3. The molecule has 32 heavy (non-hydrogen) atoms. The van der Waals surface area contributed by atoms with E-state index in [-0.39, 0.29) is 6.10 Å². The van der Waals surface area contributed by atoms with Crippen molar-refractivity contribution >= 4 is 22.9 Å². The number of carbonyl (C=O) groups is 2. The van der Waals surface area contributed by atoms with E-state index in [1.807, 2.05) is 0 Å². The summed E-state index contributed by atoms with van der Waals surface area (Å²) in [5, 5.41) is 0.615. The molecular weight excluding hydrogens is 416 g/mol. The van der Waals surface area contributed by atoms with Crippen LogP contribution in [0.25, 0.3) is 11.0 Å². The van der Waals surface area contributed by atoms with Gasteiger partial charge in [-0.05, 0) is 53.7 Å². The first kappa shape index (κ1) is 22.1. The lowest BCUT2D eigenvalue weighted by molar-refractivity contribution is -0.190. The van der Waals surface area contributed by atoms with Crippen molar-refractivity contribution in [2.75, 3.05) is 0 Å². The second kappa shape index (κ2) is 7.48. The summed E-state index contributed by atoms with van der Waals surface area (Å²) < 4.78 is 28.6. The minimum Gasteiger partial charge on any atom is -0.483 e. The van der Waals surface area contributed by atoms with E-state index in [4.69, 9.17) is 23.4 Å². The fourth-order valence-corrected chi connectivity index (χ4v) is 3.73. The fourth-order valence-electron chi connectivity index (χ4n) is 3.73. The van der Waals surface area contributed by atoms with Crippen LogP contribution in [0.3, 0.4) is 0 Å². The van der Waals surface area contributed by atoms with Gasteiger partial charge in [-0.2, -0.15) is 0 Å². The smallest absolute Gasteiger partial charge is 0.341 e. The number of esters is 2. The summed E-state index contributed by atoms with van der Waals surface area (Å²) in [4.78, 5) is 37.2. The number of fused-ring (bicyclic) bond motifs is 2. The van der Waals surface area contributed by atoms with Crippen LogP contribution in [0.1, 0.15) is 53.2 Å². The number of allylic oxidation sites excluding steroid dienone is 1. The molecule has 2 aromatic rings. The first-order chi connectivity index (χ1) is 15.0. The third kappa shape index (κ3) is 3.68. The molecule has 0 spiro atoms. The molecule has 4 atom stereocenters. The number of hydrogen-bond acceptors (Lipinski definition) is 8. The lowest BCUT2D eigenvalue weighted by atomic mass is 9.87. The first-order valence-corrected chi connectivity index (χ1v) is 10.5. The summed E-state index contributed by atoms with van der Waals surface area (Å²) in [7, 11) is 0. The largest absolute Gasteiger partial charge is 0.483 e. The molecule has 1 fully saturated rings. The molecule has 2 aliphatic rings. The minimum atomic E-state index is -1.06. The monoisotopic (exact) mass is 442 g/mol. The van der Waals surface area contributed by atoms with Crippen molar-refractivity contribution in [2.45, 2.75) is 71.1 Å². The average Bonchev–Trinajstić information content (AvgIpc) is 3.35. The number of hydrogen-bond donors (Lipinski definition) is 0. The molecule has 0 unspecified atom stereocenters. The number of ether oxygens (including phenoxy) is 4. The van der Waals surface area contributed by atoms with E-state index in [1.54, 1.807) is 65.8 Å². The van der Waals surface area contributed by atoms with Crippen molar-refractivity contribution in [3.05, 3.63) is 51.9 Å². The Morgan fingerprint density at radius 2 is 1.81 bits per heavy atom. The Balaban J connectivity index is 1.82. The van der Waals surface area contributed by atoms with E-state index in [2.05, 4.69) is 0 Å². The zero-order valence-electron chi connectivity index (χ0n) is 18.9. The molecule has 0 amide bonds. The third-order valence-electron chi connectivity index (χ3n) is 6.16. The summed E-state index contributed by atoms with van der Waals surface area (Å²) in [5.41, 5.74) is -1.34. The van der Waals surface area contributed by atoms with Gasteiger partial charge in [-0.25, -0.2) is 14.4 Å². The van der Waals surface area contributed by atoms with Gasteiger partial charge in [0.15, 0.2) is 17.8 Å². The summed E-state index contributed by atoms with van der Waals surface area (Å²) >= 11 is 0. The highest BCUT2D eigenvalue weighted by atomic mass is 16.7. The number of rotatable bonds is 4. The van der Waals surface area contributed by atoms with Crippen LogP contribution in [0.2, 0.25) is 0 Å². The molecule has 0 aliphatic carbocycles. The van der Waals surface area contributed by atoms with E-state index >= 15 is 0 Å². The maximum absolute atomic E-state index is 13.0. The molecular formula is C24H26O8. The first-order valence-electron chi connectivity index (χ1n) is 10.5. The highest BCUT2D eigenvalue weighted by Crippen LogP contribution is 2.47. The Bertz CT molecular complexity index is 1190. The highest BCUT2D eigenvalue weighted by molar-refractivity contribution is 5.88. The van der Waals surface area contributed by atoms with Gasteiger partial charge in [-0.3, -0.25) is 0 Å². The van der Waals surface area contributed by atoms with Crippen LogP contribution < -0.4 is 10.4 Å². The maximum Gasteiger partial charge on any atom is 0.341 e. The molecule has 0 radical (unpaired) electrons. The summed E-state index contributed by atoms with van der Waals surface area (Å²) in [6.07, 6.45) is -0.532. The van der Waals surface area contributed by atoms with Gasteiger partial charge in [0.25, 0.3) is 0 Å². The standard InChI is InChI=1S/C24H26O8/c1-7-12(2)21(26)30-20-19(29-22(27)24(6)13(3)31-24)15-10-14-8-9-18(25)28-16(14)11-17(15)32-23(20,4)5/h7-11,13,19-20H,1-6H3/t13-,19+,20-,24+/m0/s1. The fraction of sp³-hybridized carbons (Fsp3) is 0.458. The van der Waals surface area contributed by atoms with Crippen LogP contribution in [-0.2, 0) is 23.8 Å². The van der Waals surface area contributed by atoms with Crippen molar-refractivity contribution in [2.24, 2.45) is 0 Å². The molecule has 4 rings (SSSR count). The van der Waals surface area contributed by atoms with E-state index in [0.29, 0.717) is 27.9 Å². The molecule has 1 aromatic heterocycles. The lowest BCUT2D eigenvalue weighted by Gasteiger charge is -2.43. The van der Waals surface area contributed by atoms with E-state index in [1.165, 1.54) is 6.07 Å². The quantitative estimate of drug-likeness (QED) is 0.306. The topological polar surface area (TPSA) is 105 Å². The summed E-state index contributed by atoms with van der Waals surface area (Å²) in [6, 6.07) is 6.21. The predicted molar refractivity (Wildman–Crippen MR) is 114 cm³/mol. The summed E-state index contributed by atoms with van der Waals surface area (Å²) in [5.74, 6) is -0.713. The molecule has 0 bridgehead atoms. The van der Waals surface area contributed by atoms with Crippen molar-refractivity contribution in [3.63, 3.8) is 0 Å². The van der Waals surface area contributed by atoms with Gasteiger partial charge in [0.05, 0.1) is 6.10 Å². The second-order valence-corrected chi connectivity index (χ2v) is 8.88. The molecule has 0 saturated carbocycles. The van der Waals surface area contributed by atoms with Gasteiger partial charge in [-0.15, -0.1) is 0 Å². The zero-order chi connectivity index (χ0) is 23.4. The van der Waals surface area contributed by atoms with Crippen LogP contribution in [0.5, 0.6) is 5.75 Å². The van der Waals surface area contributed by atoms with Crippen LogP contribution in [0, 0.1) is 0 Å². The van der Waals surface area contributed by atoms with Crippen LogP contribution >= 0.6 is 0 Å². The molecule has 1 aromatic carbocycles. The highest BCUT2D eigenvalue weighted by Gasteiger charge is 2.59. The average molecular weight is 442 g/mol. The Morgan fingerprint density at radius 3 is 2.44 bits per heavy atom. The lowest BCUT2D eigenvalue weighted by Crippen LogP contribution is -2.52. The number of epoxide rings is 1. The van der Waals surface area contributed by atoms with Crippen LogP contribution in [-0.4, -0.2) is 35.3 Å². The maximum atomic E-state index is 13.0. The normalized spacial score (nSPS) is 28.4. The molecule has 0 N–H and O–H groups in total. The second-order valence-electron chi connectivity index (χ2n) is 8.88. The molecule has 8 nitrogen and oxygen atoms in total. The van der Waals surface area contributed by atoms with Crippen molar-refractivity contribution in [1.82, 2.24) is 0 Å². The van der Waals surface area contributed by atoms with E-state index < -0.39 is 41.0 Å². The van der Waals surface area contributed by atoms with Crippen LogP contribution in [0.15, 0.2) is 45.1 Å². The van der Waals surface area contributed by atoms with Crippen molar-refractivity contribution < 1.29 is 33.0 Å². The third-order valence-corrected chi connectivity index (χ3v) is 6.16. The molecule has 170 valence electrons. The zero-order valence-corrected chi connectivity index (χ0v) is 18.9. The van der Waals surface area contributed by atoms with Crippen molar-refractivity contribution in [1.29, 1.82) is 0 Å². The minimum absolute atomic E-state index is 0.278. The Labute approximate surface area is 185 Å². The predicted octanol–water partition coefficient (Wildman–Crippen LogP) is 3.60. The number of carbonyl (C=O) groups excluding carboxylic acids is 2. The molecule has 1 saturated heterocycles. The Morgan fingerprint density at radius 1 is 1.12 bits per heavy atom. The van der Waals surface area contributed by atoms with E-state index in [9.17, 15) is 14.4 Å². The molecule has 8 heteroatoms. The van der Waals surface area contributed by atoms with Gasteiger partial charge in [0.1, 0.15) is 16.9 Å². The SMILES string of the molecule is CC=C(C)C(=O)O[C@H]1[C@H](OC(=O)[C@]2(C)O[C@H]2C)c2cc3ccc(=O)oc3cc2OC1(C)C. The van der Waals surface area contributed by atoms with Crippen molar-refractivity contribution in [3.8, 4) is 5.75 Å².